The summed E-state index contributed by atoms with van der Waals surface area (Å²) in [6.45, 7) is 4.60. The quantitative estimate of drug-likeness (QED) is 0.933. The molecule has 2 aromatic rings. The van der Waals surface area contributed by atoms with Gasteiger partial charge in [-0.3, -0.25) is 4.79 Å². The second kappa shape index (κ2) is 5.99. The van der Waals surface area contributed by atoms with Gasteiger partial charge in [0, 0.05) is 24.6 Å². The Kier molecular flexibility index (Phi) is 3.79. The summed E-state index contributed by atoms with van der Waals surface area (Å²) >= 11 is 0. The second-order valence-electron chi connectivity index (χ2n) is 6.57. The van der Waals surface area contributed by atoms with E-state index in [9.17, 15) is 4.79 Å². The summed E-state index contributed by atoms with van der Waals surface area (Å²) in [5, 5.41) is 3.09. The van der Waals surface area contributed by atoms with Crippen molar-refractivity contribution in [1.29, 1.82) is 0 Å². The molecule has 2 aliphatic heterocycles. The molecule has 0 saturated heterocycles. The maximum absolute atomic E-state index is 12.6. The van der Waals surface area contributed by atoms with Crippen LogP contribution in [-0.4, -0.2) is 25.7 Å². The number of hydrogen-bond donors (Lipinski definition) is 1. The van der Waals surface area contributed by atoms with Gasteiger partial charge in [-0.25, -0.2) is 0 Å². The van der Waals surface area contributed by atoms with Crippen LogP contribution in [-0.2, 0) is 6.42 Å². The molecule has 1 N–H and O–H groups in total. The topological polar surface area (TPSA) is 50.8 Å². The Bertz CT molecular complexity index is 834. The Morgan fingerprint density at radius 1 is 1.32 bits per heavy atom. The van der Waals surface area contributed by atoms with Crippen molar-refractivity contribution in [2.75, 3.05) is 18.6 Å². The van der Waals surface area contributed by atoms with Crippen molar-refractivity contribution in [3.63, 3.8) is 0 Å². The maximum Gasteiger partial charge on any atom is 0.255 e. The van der Waals surface area contributed by atoms with E-state index in [2.05, 4.69) is 23.2 Å². The first-order valence-corrected chi connectivity index (χ1v) is 8.67. The van der Waals surface area contributed by atoms with Crippen LogP contribution in [0.2, 0.25) is 0 Å². The first-order valence-electron chi connectivity index (χ1n) is 8.67. The Morgan fingerprint density at radius 2 is 2.12 bits per heavy atom. The Morgan fingerprint density at radius 3 is 2.92 bits per heavy atom. The zero-order chi connectivity index (χ0) is 17.6. The number of hydrogen-bond acceptors (Lipinski definition) is 4. The smallest absolute Gasteiger partial charge is 0.255 e. The number of anilines is 1. The van der Waals surface area contributed by atoms with E-state index in [1.54, 1.807) is 0 Å². The molecular weight excluding hydrogens is 316 g/mol. The Balaban J connectivity index is 1.79. The number of carbonyl (C=O) groups excluding carboxylic acids is 1. The van der Waals surface area contributed by atoms with E-state index in [0.29, 0.717) is 12.2 Å². The molecule has 25 heavy (non-hydrogen) atoms. The summed E-state index contributed by atoms with van der Waals surface area (Å²) in [5.74, 6) is 1.61. The highest BCUT2D eigenvalue weighted by atomic mass is 16.5. The standard InChI is InChI=1S/C20H22N2O3/c1-4-24-18-10-13-9-12(2)25-17(13)11-15(18)19-21-20(23)14-7-5-6-8-16(14)22(19)3/h5-8,10-12,19H,4,9H2,1-3H3,(H,21,23)/t12-,19-/m1/s1. The van der Waals surface area contributed by atoms with Crippen LogP contribution in [0.15, 0.2) is 36.4 Å². The van der Waals surface area contributed by atoms with Crippen molar-refractivity contribution in [3.8, 4) is 11.5 Å². The predicted octanol–water partition coefficient (Wildman–Crippen LogP) is 3.29. The zero-order valence-electron chi connectivity index (χ0n) is 14.7. The van der Waals surface area contributed by atoms with Crippen LogP contribution in [0, 0.1) is 0 Å². The van der Waals surface area contributed by atoms with Gasteiger partial charge in [-0.05, 0) is 38.1 Å². The second-order valence-corrected chi connectivity index (χ2v) is 6.57. The van der Waals surface area contributed by atoms with Crippen LogP contribution in [0.3, 0.4) is 0 Å². The molecule has 4 rings (SSSR count). The van der Waals surface area contributed by atoms with Crippen molar-refractivity contribution < 1.29 is 14.3 Å². The third kappa shape index (κ3) is 2.60. The molecule has 0 spiro atoms. The van der Waals surface area contributed by atoms with E-state index in [0.717, 1.165) is 34.7 Å². The molecule has 130 valence electrons. The van der Waals surface area contributed by atoms with Gasteiger partial charge in [-0.15, -0.1) is 0 Å². The van der Waals surface area contributed by atoms with Gasteiger partial charge >= 0.3 is 0 Å². The molecule has 2 heterocycles. The van der Waals surface area contributed by atoms with E-state index < -0.39 is 0 Å². The fourth-order valence-corrected chi connectivity index (χ4v) is 3.65. The molecule has 5 nitrogen and oxygen atoms in total. The summed E-state index contributed by atoms with van der Waals surface area (Å²) < 4.78 is 11.8. The van der Waals surface area contributed by atoms with Crippen molar-refractivity contribution in [2.45, 2.75) is 32.5 Å². The third-order valence-electron chi connectivity index (χ3n) is 4.81. The fraction of sp³-hybridized carbons (Fsp3) is 0.350. The van der Waals surface area contributed by atoms with E-state index in [4.69, 9.17) is 9.47 Å². The monoisotopic (exact) mass is 338 g/mol. The Hall–Kier alpha value is -2.69. The molecular formula is C20H22N2O3. The average Bonchev–Trinajstić information content (AvgIpc) is 2.97. The highest BCUT2D eigenvalue weighted by molar-refractivity contribution is 6.02. The fourth-order valence-electron chi connectivity index (χ4n) is 3.65. The van der Waals surface area contributed by atoms with Crippen LogP contribution >= 0.6 is 0 Å². The van der Waals surface area contributed by atoms with E-state index in [1.807, 2.05) is 44.3 Å². The SMILES string of the molecule is CCOc1cc2c(cc1[C@@H]1NC(=O)c3ccccc3N1C)O[C@H](C)C2. The van der Waals surface area contributed by atoms with E-state index in [-0.39, 0.29) is 18.2 Å². The third-order valence-corrected chi connectivity index (χ3v) is 4.81. The lowest BCUT2D eigenvalue weighted by Gasteiger charge is -2.37. The van der Waals surface area contributed by atoms with Gasteiger partial charge in [0.1, 0.15) is 23.8 Å². The van der Waals surface area contributed by atoms with E-state index >= 15 is 0 Å². The minimum Gasteiger partial charge on any atom is -0.493 e. The van der Waals surface area contributed by atoms with Crippen LogP contribution < -0.4 is 19.7 Å². The number of para-hydroxylation sites is 1. The van der Waals surface area contributed by atoms with Gasteiger partial charge in [0.05, 0.1) is 17.9 Å². The first-order chi connectivity index (χ1) is 12.1. The molecule has 0 bridgehead atoms. The van der Waals surface area contributed by atoms with Gasteiger partial charge in [0.2, 0.25) is 0 Å². The Labute approximate surface area is 147 Å². The number of amides is 1. The molecule has 0 saturated carbocycles. The minimum atomic E-state index is -0.297. The van der Waals surface area contributed by atoms with Crippen LogP contribution in [0.5, 0.6) is 11.5 Å². The lowest BCUT2D eigenvalue weighted by Crippen LogP contribution is -2.44. The molecule has 5 heteroatoms. The van der Waals surface area contributed by atoms with Gasteiger partial charge in [0.15, 0.2) is 0 Å². The van der Waals surface area contributed by atoms with Crippen molar-refractivity contribution in [1.82, 2.24) is 5.32 Å². The molecule has 2 aliphatic rings. The van der Waals surface area contributed by atoms with Crippen LogP contribution in [0.25, 0.3) is 0 Å². The number of carbonyl (C=O) groups is 1. The lowest BCUT2D eigenvalue weighted by atomic mass is 10.0. The summed E-state index contributed by atoms with van der Waals surface area (Å²) in [6, 6.07) is 11.7. The van der Waals surface area contributed by atoms with Crippen LogP contribution in [0.1, 0.15) is 41.5 Å². The number of nitrogens with zero attached hydrogens (tertiary/aromatic N) is 1. The summed E-state index contributed by atoms with van der Waals surface area (Å²) in [5.41, 5.74) is 3.67. The number of nitrogens with one attached hydrogen (secondary N) is 1. The van der Waals surface area contributed by atoms with Gasteiger partial charge in [-0.1, -0.05) is 12.1 Å². The van der Waals surface area contributed by atoms with Crippen molar-refractivity contribution >= 4 is 11.6 Å². The molecule has 0 fully saturated rings. The van der Waals surface area contributed by atoms with Gasteiger partial charge in [-0.2, -0.15) is 0 Å². The number of rotatable bonds is 3. The normalized spacial score (nSPS) is 21.2. The first kappa shape index (κ1) is 15.8. The molecule has 0 radical (unpaired) electrons. The predicted molar refractivity (Wildman–Crippen MR) is 96.5 cm³/mol. The summed E-state index contributed by atoms with van der Waals surface area (Å²) in [6.07, 6.45) is 0.749. The van der Waals surface area contributed by atoms with Crippen molar-refractivity contribution in [3.05, 3.63) is 53.1 Å². The molecule has 2 atom stereocenters. The molecule has 2 aromatic carbocycles. The average molecular weight is 338 g/mol. The summed E-state index contributed by atoms with van der Waals surface area (Å²) in [4.78, 5) is 14.6. The van der Waals surface area contributed by atoms with Gasteiger partial charge < -0.3 is 19.7 Å². The number of ether oxygens (including phenoxy) is 2. The molecule has 0 aliphatic carbocycles. The summed E-state index contributed by atoms with van der Waals surface area (Å²) in [7, 11) is 1.98. The largest absolute Gasteiger partial charge is 0.493 e. The maximum atomic E-state index is 12.6. The van der Waals surface area contributed by atoms with Crippen molar-refractivity contribution in [2.24, 2.45) is 0 Å². The minimum absolute atomic E-state index is 0.0732. The molecule has 0 aromatic heterocycles. The van der Waals surface area contributed by atoms with Crippen LogP contribution in [0.4, 0.5) is 5.69 Å². The number of benzene rings is 2. The molecule has 1 amide bonds. The van der Waals surface area contributed by atoms with Gasteiger partial charge in [0.25, 0.3) is 5.91 Å². The highest BCUT2D eigenvalue weighted by Gasteiger charge is 2.33. The highest BCUT2D eigenvalue weighted by Crippen LogP contribution is 2.41. The zero-order valence-corrected chi connectivity index (χ0v) is 14.7. The lowest BCUT2D eigenvalue weighted by molar-refractivity contribution is 0.0927. The number of fused-ring (bicyclic) bond motifs is 2. The van der Waals surface area contributed by atoms with E-state index in [1.165, 1.54) is 0 Å². The molecule has 0 unspecified atom stereocenters.